The maximum Gasteiger partial charge on any atom is 0.0564 e. The summed E-state index contributed by atoms with van der Waals surface area (Å²) < 4.78 is 0. The average Bonchev–Trinajstić information content (AvgIpc) is 2.63. The molecule has 2 N–H and O–H groups in total. The van der Waals surface area contributed by atoms with Gasteiger partial charge >= 0.3 is 0 Å². The molecule has 1 heterocycles. The highest BCUT2D eigenvalue weighted by Crippen LogP contribution is 2.34. The number of allylic oxidation sites excluding steroid dienone is 1. The van der Waals surface area contributed by atoms with Crippen LogP contribution in [0.2, 0.25) is 0 Å². The Labute approximate surface area is 146 Å². The summed E-state index contributed by atoms with van der Waals surface area (Å²) in [5.74, 6) is 0. The van der Waals surface area contributed by atoms with Crippen LogP contribution in [0.1, 0.15) is 44.6 Å². The highest BCUT2D eigenvalue weighted by molar-refractivity contribution is 5.31. The van der Waals surface area contributed by atoms with E-state index in [-0.39, 0.29) is 11.5 Å². The van der Waals surface area contributed by atoms with Crippen molar-refractivity contribution < 1.29 is 5.11 Å². The third-order valence-corrected chi connectivity index (χ3v) is 5.72. The van der Waals surface area contributed by atoms with Crippen LogP contribution in [0, 0.1) is 0 Å². The second-order valence-corrected chi connectivity index (χ2v) is 7.67. The van der Waals surface area contributed by atoms with E-state index in [4.69, 9.17) is 0 Å². The number of benzene rings is 1. The van der Waals surface area contributed by atoms with Gasteiger partial charge in [0.05, 0.1) is 6.10 Å². The molecule has 24 heavy (non-hydrogen) atoms. The molecule has 0 radical (unpaired) electrons. The highest BCUT2D eigenvalue weighted by Gasteiger charge is 2.27. The molecule has 1 aromatic rings. The van der Waals surface area contributed by atoms with Crippen LogP contribution in [-0.2, 0) is 5.41 Å². The molecule has 1 aliphatic heterocycles. The van der Waals surface area contributed by atoms with Crippen LogP contribution in [0.15, 0.2) is 42.5 Å². The van der Waals surface area contributed by atoms with Gasteiger partial charge in [0.2, 0.25) is 0 Å². The summed E-state index contributed by atoms with van der Waals surface area (Å²) in [5, 5.41) is 13.2. The number of piperidine rings is 1. The highest BCUT2D eigenvalue weighted by atomic mass is 16.3. The molecule has 0 saturated carbocycles. The normalized spacial score (nSPS) is 29.0. The maximum absolute atomic E-state index is 9.55. The summed E-state index contributed by atoms with van der Waals surface area (Å²) in [6.45, 7) is 6.69. The fourth-order valence-corrected chi connectivity index (χ4v) is 3.93. The van der Waals surface area contributed by atoms with Gasteiger partial charge in [-0.2, -0.15) is 0 Å². The smallest absolute Gasteiger partial charge is 0.0564 e. The molecule has 1 aliphatic carbocycles. The SMILES string of the molecule is CC1(c2ccccc2)C=CC(NCCCN2CCC(O)CC2)CC1. The van der Waals surface area contributed by atoms with Crippen LogP contribution in [-0.4, -0.2) is 48.3 Å². The van der Waals surface area contributed by atoms with Crippen LogP contribution < -0.4 is 5.32 Å². The van der Waals surface area contributed by atoms with E-state index in [1.54, 1.807) is 0 Å². The average molecular weight is 329 g/mol. The summed E-state index contributed by atoms with van der Waals surface area (Å²) in [7, 11) is 0. The third-order valence-electron chi connectivity index (χ3n) is 5.72. The van der Waals surface area contributed by atoms with Gasteiger partial charge in [-0.05, 0) is 50.8 Å². The second kappa shape index (κ2) is 8.28. The van der Waals surface area contributed by atoms with E-state index in [0.29, 0.717) is 6.04 Å². The lowest BCUT2D eigenvalue weighted by molar-refractivity contribution is 0.0820. The number of nitrogens with zero attached hydrogens (tertiary/aromatic N) is 1. The predicted octanol–water partition coefficient (Wildman–Crippen LogP) is 3.10. The topological polar surface area (TPSA) is 35.5 Å². The van der Waals surface area contributed by atoms with Crippen molar-refractivity contribution in [1.82, 2.24) is 10.2 Å². The summed E-state index contributed by atoms with van der Waals surface area (Å²) in [5.41, 5.74) is 1.61. The lowest BCUT2D eigenvalue weighted by Gasteiger charge is -2.33. The van der Waals surface area contributed by atoms with Gasteiger partial charge in [-0.25, -0.2) is 0 Å². The first-order valence-electron chi connectivity index (χ1n) is 9.54. The molecule has 2 atom stereocenters. The molecule has 0 spiro atoms. The molecule has 1 aromatic carbocycles. The van der Waals surface area contributed by atoms with Crippen molar-refractivity contribution in [2.24, 2.45) is 0 Å². The fourth-order valence-electron chi connectivity index (χ4n) is 3.93. The van der Waals surface area contributed by atoms with E-state index in [0.717, 1.165) is 39.0 Å². The van der Waals surface area contributed by atoms with Crippen molar-refractivity contribution in [1.29, 1.82) is 0 Å². The zero-order valence-electron chi connectivity index (χ0n) is 15.0. The lowest BCUT2D eigenvalue weighted by Crippen LogP contribution is -2.39. The van der Waals surface area contributed by atoms with Crippen molar-refractivity contribution in [2.75, 3.05) is 26.2 Å². The number of aliphatic hydroxyl groups excluding tert-OH is 1. The Morgan fingerprint density at radius 1 is 1.17 bits per heavy atom. The fraction of sp³-hybridized carbons (Fsp3) is 0.619. The molecule has 3 nitrogen and oxygen atoms in total. The number of nitrogens with one attached hydrogen (secondary N) is 1. The Kier molecular flexibility index (Phi) is 6.09. The molecule has 1 saturated heterocycles. The van der Waals surface area contributed by atoms with Gasteiger partial charge < -0.3 is 15.3 Å². The van der Waals surface area contributed by atoms with Crippen LogP contribution in [0.3, 0.4) is 0 Å². The third kappa shape index (κ3) is 4.69. The van der Waals surface area contributed by atoms with Crippen molar-refractivity contribution in [2.45, 2.75) is 56.6 Å². The Hall–Kier alpha value is -1.16. The van der Waals surface area contributed by atoms with Gasteiger partial charge in [0, 0.05) is 24.5 Å². The van der Waals surface area contributed by atoms with Crippen LogP contribution in [0.4, 0.5) is 0 Å². The largest absolute Gasteiger partial charge is 0.393 e. The van der Waals surface area contributed by atoms with Crippen LogP contribution in [0.25, 0.3) is 0 Å². The summed E-state index contributed by atoms with van der Waals surface area (Å²) in [4.78, 5) is 2.48. The standard InChI is InChI=1S/C21H32N2O/c1-21(18-6-3-2-4-7-18)12-8-19(9-13-21)22-14-5-15-23-16-10-20(24)11-17-23/h2-4,6-8,12,19-20,22,24H,5,9-11,13-17H2,1H3. The number of hydrogen-bond acceptors (Lipinski definition) is 3. The van der Waals surface area contributed by atoms with E-state index in [1.165, 1.54) is 24.8 Å². The van der Waals surface area contributed by atoms with Crippen molar-refractivity contribution >= 4 is 0 Å². The Morgan fingerprint density at radius 2 is 1.92 bits per heavy atom. The minimum absolute atomic E-state index is 0.0642. The molecule has 2 aliphatic rings. The molecular formula is C21H32N2O. The maximum atomic E-state index is 9.55. The summed E-state index contributed by atoms with van der Waals surface area (Å²) in [6, 6.07) is 11.4. The molecule has 1 fully saturated rings. The van der Waals surface area contributed by atoms with E-state index in [2.05, 4.69) is 59.6 Å². The Balaban J connectivity index is 1.38. The zero-order chi connectivity index (χ0) is 16.8. The Morgan fingerprint density at radius 3 is 2.58 bits per heavy atom. The van der Waals surface area contributed by atoms with Crippen molar-refractivity contribution in [3.05, 3.63) is 48.0 Å². The quantitative estimate of drug-likeness (QED) is 0.622. The van der Waals surface area contributed by atoms with E-state index in [9.17, 15) is 5.11 Å². The molecule has 0 bridgehead atoms. The lowest BCUT2D eigenvalue weighted by atomic mass is 9.74. The molecular weight excluding hydrogens is 296 g/mol. The molecule has 0 amide bonds. The van der Waals surface area contributed by atoms with Gasteiger partial charge in [-0.1, -0.05) is 49.4 Å². The number of rotatable bonds is 6. The van der Waals surface area contributed by atoms with Gasteiger partial charge in [0.15, 0.2) is 0 Å². The van der Waals surface area contributed by atoms with E-state index in [1.807, 2.05) is 0 Å². The molecule has 3 rings (SSSR count). The van der Waals surface area contributed by atoms with Gasteiger partial charge in [-0.15, -0.1) is 0 Å². The molecule has 3 heteroatoms. The minimum Gasteiger partial charge on any atom is -0.393 e. The van der Waals surface area contributed by atoms with Gasteiger partial charge in [-0.3, -0.25) is 0 Å². The van der Waals surface area contributed by atoms with E-state index < -0.39 is 0 Å². The van der Waals surface area contributed by atoms with Gasteiger partial charge in [0.25, 0.3) is 0 Å². The molecule has 132 valence electrons. The number of aliphatic hydroxyl groups is 1. The monoisotopic (exact) mass is 328 g/mol. The first-order chi connectivity index (χ1) is 11.7. The van der Waals surface area contributed by atoms with Crippen LogP contribution >= 0.6 is 0 Å². The van der Waals surface area contributed by atoms with Crippen molar-refractivity contribution in [3.63, 3.8) is 0 Å². The second-order valence-electron chi connectivity index (χ2n) is 7.67. The summed E-state index contributed by atoms with van der Waals surface area (Å²) >= 11 is 0. The van der Waals surface area contributed by atoms with Gasteiger partial charge in [0.1, 0.15) is 0 Å². The predicted molar refractivity (Wildman–Crippen MR) is 100 cm³/mol. The van der Waals surface area contributed by atoms with E-state index >= 15 is 0 Å². The number of likely N-dealkylation sites (tertiary alicyclic amines) is 1. The van der Waals surface area contributed by atoms with Crippen LogP contribution in [0.5, 0.6) is 0 Å². The molecule has 0 aromatic heterocycles. The minimum atomic E-state index is -0.0642. The first-order valence-corrected chi connectivity index (χ1v) is 9.54. The number of hydrogen-bond donors (Lipinski definition) is 2. The van der Waals surface area contributed by atoms with Crippen molar-refractivity contribution in [3.8, 4) is 0 Å². The Bertz CT molecular complexity index is 522. The zero-order valence-corrected chi connectivity index (χ0v) is 15.0. The summed E-state index contributed by atoms with van der Waals surface area (Å²) in [6.07, 6.45) is 10.2. The first kappa shape index (κ1) is 17.7. The molecule has 2 unspecified atom stereocenters.